The lowest BCUT2D eigenvalue weighted by Crippen LogP contribution is -2.59. The Bertz CT molecular complexity index is 800. The monoisotopic (exact) mass is 500 g/mol. The van der Waals surface area contributed by atoms with E-state index in [0.29, 0.717) is 6.42 Å². The van der Waals surface area contributed by atoms with Gasteiger partial charge in [0, 0.05) is 13.3 Å². The van der Waals surface area contributed by atoms with Crippen molar-refractivity contribution in [1.29, 1.82) is 0 Å². The molecule has 0 aromatic rings. The van der Waals surface area contributed by atoms with E-state index < -0.39 is 78.5 Å². The van der Waals surface area contributed by atoms with Crippen molar-refractivity contribution in [2.45, 2.75) is 84.5 Å². The van der Waals surface area contributed by atoms with Crippen LogP contribution in [0.25, 0.3) is 0 Å². The maximum Gasteiger partial charge on any atom is 0.305 e. The number of nitrogens with one attached hydrogen (secondary N) is 4. The molecule has 5 unspecified atom stereocenters. The van der Waals surface area contributed by atoms with Crippen molar-refractivity contribution in [3.8, 4) is 0 Å². The summed E-state index contributed by atoms with van der Waals surface area (Å²) in [6.45, 7) is 7.97. The van der Waals surface area contributed by atoms with E-state index >= 15 is 0 Å². The topological polar surface area (TPSA) is 208 Å². The molecule has 0 saturated carbocycles. The molecule has 198 valence electrons. The van der Waals surface area contributed by atoms with Gasteiger partial charge in [0.2, 0.25) is 23.6 Å². The van der Waals surface area contributed by atoms with Gasteiger partial charge in [0.1, 0.15) is 24.4 Å². The first kappa shape index (κ1) is 31.5. The van der Waals surface area contributed by atoms with Crippen LogP contribution in [-0.2, 0) is 33.6 Å². The van der Waals surface area contributed by atoms with Crippen molar-refractivity contribution in [2.24, 2.45) is 11.8 Å². The molecule has 0 heterocycles. The van der Waals surface area contributed by atoms with E-state index in [1.165, 1.54) is 6.92 Å². The average Bonchev–Trinajstić information content (AvgIpc) is 2.76. The zero-order chi connectivity index (χ0) is 27.3. The van der Waals surface area contributed by atoms with Gasteiger partial charge < -0.3 is 36.3 Å². The van der Waals surface area contributed by atoms with Crippen molar-refractivity contribution in [2.75, 3.05) is 0 Å². The van der Waals surface area contributed by atoms with Crippen molar-refractivity contribution < 1.29 is 43.8 Å². The fourth-order valence-corrected chi connectivity index (χ4v) is 3.10. The maximum atomic E-state index is 13.0. The molecular weight excluding hydrogens is 464 g/mol. The van der Waals surface area contributed by atoms with E-state index in [1.54, 1.807) is 27.7 Å². The zero-order valence-corrected chi connectivity index (χ0v) is 20.6. The molecule has 0 aliphatic heterocycles. The number of hydrogen-bond acceptors (Lipinski definition) is 7. The van der Waals surface area contributed by atoms with Gasteiger partial charge in [-0.15, -0.1) is 0 Å². The molecule has 5 atom stereocenters. The Balaban J connectivity index is 5.74. The van der Waals surface area contributed by atoms with Crippen LogP contribution in [0.5, 0.6) is 0 Å². The fraction of sp³-hybridized carbons (Fsp3) is 0.682. The van der Waals surface area contributed by atoms with Crippen LogP contribution in [0.2, 0.25) is 0 Å². The molecule has 13 nitrogen and oxygen atoms in total. The Morgan fingerprint density at radius 2 is 1.37 bits per heavy atom. The highest BCUT2D eigenvalue weighted by atomic mass is 16.4. The third kappa shape index (κ3) is 12.0. The number of rotatable bonds is 16. The largest absolute Gasteiger partial charge is 0.481 e. The minimum atomic E-state index is -1.34. The van der Waals surface area contributed by atoms with Gasteiger partial charge in [-0.2, -0.15) is 0 Å². The number of carboxylic acids is 2. The Morgan fingerprint density at radius 3 is 1.80 bits per heavy atom. The second-order valence-electron chi connectivity index (χ2n) is 8.64. The quantitative estimate of drug-likeness (QED) is 0.146. The number of hydrogen-bond donors (Lipinski definition) is 6. The van der Waals surface area contributed by atoms with Gasteiger partial charge in [-0.25, -0.2) is 0 Å². The number of carbonyl (C=O) groups is 7. The molecule has 0 saturated heterocycles. The SMILES string of the molecule is CCC(C)C(NC(=O)C(CCC(=O)O)NC(=O)C(NC(C)=O)C(C)C)C(=O)NC(C=O)CC(=O)O. The summed E-state index contributed by atoms with van der Waals surface area (Å²) in [5, 5.41) is 27.6. The summed E-state index contributed by atoms with van der Waals surface area (Å²) in [6.07, 6.45) is -0.703. The van der Waals surface area contributed by atoms with Crippen LogP contribution in [0.4, 0.5) is 0 Å². The summed E-state index contributed by atoms with van der Waals surface area (Å²) in [5.41, 5.74) is 0. The minimum Gasteiger partial charge on any atom is -0.481 e. The third-order valence-electron chi connectivity index (χ3n) is 5.27. The number of carboxylic acid groups (broad SMARTS) is 2. The second kappa shape index (κ2) is 15.4. The van der Waals surface area contributed by atoms with Gasteiger partial charge in [0.05, 0.1) is 12.5 Å². The lowest BCUT2D eigenvalue weighted by Gasteiger charge is -2.28. The highest BCUT2D eigenvalue weighted by Crippen LogP contribution is 2.11. The minimum absolute atomic E-state index is 0.269. The predicted octanol–water partition coefficient (Wildman–Crippen LogP) is -0.814. The first-order valence-corrected chi connectivity index (χ1v) is 11.3. The lowest BCUT2D eigenvalue weighted by molar-refractivity contribution is -0.140. The van der Waals surface area contributed by atoms with Crippen LogP contribution < -0.4 is 21.3 Å². The molecule has 6 N–H and O–H groups in total. The van der Waals surface area contributed by atoms with E-state index in [9.17, 15) is 33.6 Å². The molecule has 0 rings (SSSR count). The number of amides is 4. The summed E-state index contributed by atoms with van der Waals surface area (Å²) in [4.78, 5) is 83.1. The van der Waals surface area contributed by atoms with Gasteiger partial charge in [-0.05, 0) is 18.3 Å². The maximum absolute atomic E-state index is 13.0. The van der Waals surface area contributed by atoms with Crippen molar-refractivity contribution in [3.05, 3.63) is 0 Å². The molecule has 0 aliphatic carbocycles. The normalized spacial score (nSPS) is 15.0. The zero-order valence-electron chi connectivity index (χ0n) is 20.6. The van der Waals surface area contributed by atoms with Gasteiger partial charge >= 0.3 is 11.9 Å². The average molecular weight is 501 g/mol. The van der Waals surface area contributed by atoms with Gasteiger partial charge in [0.15, 0.2) is 0 Å². The van der Waals surface area contributed by atoms with Crippen molar-refractivity contribution in [1.82, 2.24) is 21.3 Å². The summed E-state index contributed by atoms with van der Waals surface area (Å²) < 4.78 is 0. The fourth-order valence-electron chi connectivity index (χ4n) is 3.10. The molecule has 4 amide bonds. The number of aliphatic carboxylic acids is 2. The van der Waals surface area contributed by atoms with Crippen molar-refractivity contribution in [3.63, 3.8) is 0 Å². The summed E-state index contributed by atoms with van der Waals surface area (Å²) in [6, 6.07) is -4.82. The highest BCUT2D eigenvalue weighted by molar-refractivity contribution is 5.95. The van der Waals surface area contributed by atoms with Crippen LogP contribution >= 0.6 is 0 Å². The Kier molecular flexibility index (Phi) is 13.9. The predicted molar refractivity (Wildman–Crippen MR) is 123 cm³/mol. The van der Waals surface area contributed by atoms with E-state index in [2.05, 4.69) is 21.3 Å². The van der Waals surface area contributed by atoms with Crippen LogP contribution in [0.1, 0.15) is 60.3 Å². The molecular formula is C22H36N4O9. The van der Waals surface area contributed by atoms with Gasteiger partial charge in [0.25, 0.3) is 0 Å². The van der Waals surface area contributed by atoms with Gasteiger partial charge in [-0.3, -0.25) is 28.8 Å². The number of aldehydes is 1. The van der Waals surface area contributed by atoms with Crippen LogP contribution in [0, 0.1) is 11.8 Å². The third-order valence-corrected chi connectivity index (χ3v) is 5.27. The first-order chi connectivity index (χ1) is 16.2. The molecule has 0 aliphatic rings. The summed E-state index contributed by atoms with van der Waals surface area (Å²) >= 11 is 0. The van der Waals surface area contributed by atoms with Gasteiger partial charge in [-0.1, -0.05) is 34.1 Å². The Morgan fingerprint density at radius 1 is 0.800 bits per heavy atom. The smallest absolute Gasteiger partial charge is 0.305 e. The molecule has 13 heteroatoms. The summed E-state index contributed by atoms with van der Waals surface area (Å²) in [7, 11) is 0. The molecule has 0 aromatic heterocycles. The van der Waals surface area contributed by atoms with Crippen LogP contribution in [-0.4, -0.2) is 76.2 Å². The van der Waals surface area contributed by atoms with Crippen LogP contribution in [0.15, 0.2) is 0 Å². The van der Waals surface area contributed by atoms with E-state index in [0.717, 1.165) is 0 Å². The Hall–Kier alpha value is -3.51. The molecule has 35 heavy (non-hydrogen) atoms. The highest BCUT2D eigenvalue weighted by Gasteiger charge is 2.33. The molecule has 0 radical (unpaired) electrons. The van der Waals surface area contributed by atoms with E-state index in [-0.39, 0.29) is 18.6 Å². The van der Waals surface area contributed by atoms with Crippen LogP contribution in [0.3, 0.4) is 0 Å². The standard InChI is InChI=1S/C22H36N4O9/c1-6-12(4)19(22(35)24-14(10-27)9-17(31)32)26-20(33)15(7-8-16(29)30)25-21(34)18(11(2)3)23-13(5)28/h10-12,14-15,18-19H,6-9H2,1-5H3,(H,23,28)(H,24,35)(H,25,34)(H,26,33)(H,29,30)(H,31,32). The molecule has 0 aromatic carbocycles. The summed E-state index contributed by atoms with van der Waals surface area (Å²) in [5.74, 6) is -6.11. The molecule has 0 spiro atoms. The first-order valence-electron chi connectivity index (χ1n) is 11.3. The lowest BCUT2D eigenvalue weighted by atomic mass is 9.96. The van der Waals surface area contributed by atoms with Crippen molar-refractivity contribution >= 4 is 41.9 Å². The van der Waals surface area contributed by atoms with E-state index in [1.807, 2.05) is 0 Å². The molecule has 0 bridgehead atoms. The second-order valence-corrected chi connectivity index (χ2v) is 8.64. The Labute approximate surface area is 203 Å². The molecule has 0 fully saturated rings. The number of carbonyl (C=O) groups excluding carboxylic acids is 5. The van der Waals surface area contributed by atoms with E-state index in [4.69, 9.17) is 10.2 Å².